The number of aryl methyl sites for hydroxylation is 1. The Labute approximate surface area is 168 Å². The number of aromatic nitrogens is 1. The number of nitrogens with one attached hydrogen (secondary N) is 1. The van der Waals surface area contributed by atoms with E-state index in [1.54, 1.807) is 29.7 Å². The van der Waals surface area contributed by atoms with Gasteiger partial charge < -0.3 is 15.0 Å². The van der Waals surface area contributed by atoms with E-state index in [1.807, 2.05) is 6.92 Å². The lowest BCUT2D eigenvalue weighted by atomic mass is 9.99. The van der Waals surface area contributed by atoms with E-state index >= 15 is 0 Å². The lowest BCUT2D eigenvalue weighted by molar-refractivity contribution is -0.145. The summed E-state index contributed by atoms with van der Waals surface area (Å²) in [6.45, 7) is 6.38. The van der Waals surface area contributed by atoms with Gasteiger partial charge in [-0.25, -0.2) is 4.98 Å². The van der Waals surface area contributed by atoms with Gasteiger partial charge in [0.15, 0.2) is 5.96 Å². The Morgan fingerprint density at radius 2 is 2.26 bits per heavy atom. The number of esters is 1. The van der Waals surface area contributed by atoms with E-state index < -0.39 is 0 Å². The van der Waals surface area contributed by atoms with Crippen LogP contribution in [-0.4, -0.2) is 55.6 Å². The Morgan fingerprint density at radius 1 is 1.44 bits per heavy atom. The van der Waals surface area contributed by atoms with Gasteiger partial charge in [0.2, 0.25) is 0 Å². The molecule has 1 fully saturated rings. The molecule has 2 atom stereocenters. The molecule has 2 unspecified atom stereocenters. The van der Waals surface area contributed by atoms with Gasteiger partial charge in [0, 0.05) is 36.9 Å². The molecule has 0 saturated carbocycles. The van der Waals surface area contributed by atoms with Crippen molar-refractivity contribution in [3.8, 4) is 10.6 Å². The van der Waals surface area contributed by atoms with Gasteiger partial charge in [0.1, 0.15) is 0 Å². The monoisotopic (exact) mass is 406 g/mol. The SMILES string of the molecule is CN=C(NCCc1ccc(-c2csc(C)n2)s1)N1CC(C)C(C(=O)OC)C1. The van der Waals surface area contributed by atoms with E-state index in [9.17, 15) is 4.79 Å². The van der Waals surface area contributed by atoms with Crippen molar-refractivity contribution in [1.82, 2.24) is 15.2 Å². The molecule has 1 aliphatic rings. The van der Waals surface area contributed by atoms with Crippen LogP contribution >= 0.6 is 22.7 Å². The van der Waals surface area contributed by atoms with E-state index in [0.717, 1.165) is 36.2 Å². The van der Waals surface area contributed by atoms with Crippen LogP contribution < -0.4 is 5.32 Å². The minimum atomic E-state index is -0.135. The lowest BCUT2D eigenvalue weighted by Gasteiger charge is -2.21. The molecule has 27 heavy (non-hydrogen) atoms. The van der Waals surface area contributed by atoms with Gasteiger partial charge in [-0.15, -0.1) is 22.7 Å². The molecule has 146 valence electrons. The fourth-order valence-corrected chi connectivity index (χ4v) is 5.01. The van der Waals surface area contributed by atoms with E-state index in [-0.39, 0.29) is 17.8 Å². The average Bonchev–Trinajstić information content (AvgIpc) is 3.38. The van der Waals surface area contributed by atoms with Crippen molar-refractivity contribution in [2.45, 2.75) is 20.3 Å². The largest absolute Gasteiger partial charge is 0.469 e. The Bertz CT molecular complexity index is 814. The van der Waals surface area contributed by atoms with Crippen LogP contribution in [0.1, 0.15) is 16.8 Å². The van der Waals surface area contributed by atoms with Gasteiger partial charge in [0.05, 0.1) is 28.6 Å². The van der Waals surface area contributed by atoms with Crippen molar-refractivity contribution < 1.29 is 9.53 Å². The molecular formula is C19H26N4O2S2. The highest BCUT2D eigenvalue weighted by atomic mass is 32.1. The van der Waals surface area contributed by atoms with E-state index in [4.69, 9.17) is 4.74 Å². The third-order valence-corrected chi connectivity index (χ3v) is 6.76. The van der Waals surface area contributed by atoms with Crippen molar-refractivity contribution in [1.29, 1.82) is 0 Å². The third kappa shape index (κ3) is 4.68. The van der Waals surface area contributed by atoms with Crippen molar-refractivity contribution >= 4 is 34.6 Å². The van der Waals surface area contributed by atoms with E-state index in [0.29, 0.717) is 6.54 Å². The molecule has 0 aliphatic carbocycles. The number of thiophene rings is 1. The fraction of sp³-hybridized carbons (Fsp3) is 0.526. The smallest absolute Gasteiger partial charge is 0.310 e. The molecular weight excluding hydrogens is 380 g/mol. The number of aliphatic imine (C=N–C) groups is 1. The first kappa shape index (κ1) is 19.8. The second-order valence-electron chi connectivity index (χ2n) is 6.75. The topological polar surface area (TPSA) is 66.8 Å². The molecule has 2 aromatic heterocycles. The van der Waals surface area contributed by atoms with Gasteiger partial charge in [-0.2, -0.15) is 0 Å². The van der Waals surface area contributed by atoms with Crippen LogP contribution in [0, 0.1) is 18.8 Å². The van der Waals surface area contributed by atoms with Gasteiger partial charge in [-0.1, -0.05) is 6.92 Å². The number of ether oxygens (including phenoxy) is 1. The van der Waals surface area contributed by atoms with Crippen LogP contribution in [0.5, 0.6) is 0 Å². The Morgan fingerprint density at radius 3 is 2.93 bits per heavy atom. The summed E-state index contributed by atoms with van der Waals surface area (Å²) in [7, 11) is 3.24. The Kier molecular flexibility index (Phi) is 6.49. The van der Waals surface area contributed by atoms with Gasteiger partial charge in [-0.05, 0) is 31.4 Å². The number of guanidine groups is 1. The first-order valence-corrected chi connectivity index (χ1v) is 10.8. The van der Waals surface area contributed by atoms with E-state index in [1.165, 1.54) is 16.9 Å². The maximum atomic E-state index is 11.9. The molecule has 1 N–H and O–H groups in total. The normalized spacial score (nSPS) is 20.1. The van der Waals surface area contributed by atoms with Crippen molar-refractivity contribution in [2.75, 3.05) is 33.8 Å². The van der Waals surface area contributed by atoms with Gasteiger partial charge in [0.25, 0.3) is 0 Å². The highest BCUT2D eigenvalue weighted by Crippen LogP contribution is 2.29. The van der Waals surface area contributed by atoms with Gasteiger partial charge in [-0.3, -0.25) is 9.79 Å². The van der Waals surface area contributed by atoms with Crippen LogP contribution in [0.15, 0.2) is 22.5 Å². The summed E-state index contributed by atoms with van der Waals surface area (Å²) in [5, 5.41) is 6.63. The molecule has 0 aromatic carbocycles. The summed E-state index contributed by atoms with van der Waals surface area (Å²) in [6, 6.07) is 4.32. The van der Waals surface area contributed by atoms with Crippen LogP contribution in [0.2, 0.25) is 0 Å². The number of carbonyl (C=O) groups is 1. The average molecular weight is 407 g/mol. The summed E-state index contributed by atoms with van der Waals surface area (Å²) < 4.78 is 4.92. The second kappa shape index (κ2) is 8.84. The Hall–Kier alpha value is -1.93. The molecule has 3 rings (SSSR count). The predicted octanol–water partition coefficient (Wildman–Crippen LogP) is 3.04. The maximum absolute atomic E-state index is 11.9. The molecule has 0 spiro atoms. The first-order chi connectivity index (χ1) is 13.0. The minimum Gasteiger partial charge on any atom is -0.469 e. The number of rotatable bonds is 5. The van der Waals surface area contributed by atoms with E-state index in [2.05, 4.69) is 44.6 Å². The molecule has 8 heteroatoms. The number of hydrogen-bond donors (Lipinski definition) is 1. The molecule has 0 amide bonds. The summed E-state index contributed by atoms with van der Waals surface area (Å²) in [6.07, 6.45) is 0.927. The predicted molar refractivity (Wildman–Crippen MR) is 111 cm³/mol. The molecule has 0 bridgehead atoms. The van der Waals surface area contributed by atoms with Gasteiger partial charge >= 0.3 is 5.97 Å². The van der Waals surface area contributed by atoms with Crippen molar-refractivity contribution in [3.05, 3.63) is 27.4 Å². The van der Waals surface area contributed by atoms with Crippen molar-refractivity contribution in [2.24, 2.45) is 16.8 Å². The number of methoxy groups -OCH3 is 1. The van der Waals surface area contributed by atoms with Crippen LogP contribution in [0.4, 0.5) is 0 Å². The zero-order valence-corrected chi connectivity index (χ0v) is 17.8. The molecule has 1 saturated heterocycles. The highest BCUT2D eigenvalue weighted by Gasteiger charge is 2.36. The summed E-state index contributed by atoms with van der Waals surface area (Å²) in [5.74, 6) is 0.886. The molecule has 1 aliphatic heterocycles. The number of likely N-dealkylation sites (tertiary alicyclic amines) is 1. The Balaban J connectivity index is 1.52. The molecule has 3 heterocycles. The van der Waals surface area contributed by atoms with Crippen LogP contribution in [0.25, 0.3) is 10.6 Å². The highest BCUT2D eigenvalue weighted by molar-refractivity contribution is 7.16. The quantitative estimate of drug-likeness (QED) is 0.470. The summed E-state index contributed by atoms with van der Waals surface area (Å²) in [5.41, 5.74) is 1.07. The third-order valence-electron chi connectivity index (χ3n) is 4.82. The molecule has 6 nitrogen and oxygen atoms in total. The first-order valence-electron chi connectivity index (χ1n) is 9.06. The number of hydrogen-bond acceptors (Lipinski definition) is 6. The summed E-state index contributed by atoms with van der Waals surface area (Å²) >= 11 is 3.47. The standard InChI is InChI=1S/C19H26N4O2S2/c1-12-9-23(10-15(12)18(24)25-4)19(20-3)21-8-7-14-5-6-17(27-14)16-11-26-13(2)22-16/h5-6,11-12,15H,7-10H2,1-4H3,(H,20,21). The van der Waals surface area contributed by atoms with Crippen LogP contribution in [0.3, 0.4) is 0 Å². The van der Waals surface area contributed by atoms with Crippen LogP contribution in [-0.2, 0) is 16.0 Å². The minimum absolute atomic E-state index is 0.0880. The molecule has 2 aromatic rings. The summed E-state index contributed by atoms with van der Waals surface area (Å²) in [4.78, 5) is 25.5. The fourth-order valence-electron chi connectivity index (χ4n) is 3.35. The second-order valence-corrected chi connectivity index (χ2v) is 8.98. The van der Waals surface area contributed by atoms with Crippen molar-refractivity contribution in [3.63, 3.8) is 0 Å². The lowest BCUT2D eigenvalue weighted by Crippen LogP contribution is -2.41. The zero-order valence-electron chi connectivity index (χ0n) is 16.2. The zero-order chi connectivity index (χ0) is 19.4. The number of carbonyl (C=O) groups excluding carboxylic acids is 1. The number of nitrogens with zero attached hydrogens (tertiary/aromatic N) is 3. The maximum Gasteiger partial charge on any atom is 0.310 e. The number of thiazole rings is 1. The molecule has 0 radical (unpaired) electrons.